The first-order valence-corrected chi connectivity index (χ1v) is 21.6. The Balaban J connectivity index is 0.000000270. The summed E-state index contributed by atoms with van der Waals surface area (Å²) in [4.78, 5) is 24.4. The summed E-state index contributed by atoms with van der Waals surface area (Å²) in [5.41, 5.74) is 3.44. The molecule has 6 heteroatoms. The van der Waals surface area contributed by atoms with Crippen LogP contribution in [0.2, 0.25) is 0 Å². The summed E-state index contributed by atoms with van der Waals surface area (Å²) in [5.74, 6) is 3.10. The SMILES string of the molecule is CC(C)(C)Oc1ccc(C(C)(C)c2ccc(OC(=O)C(C)(C)C)cc2)cc1.CC1CC(C)(C)CC(c2ccc(OC(=O)C(C)(C)C)cc2)(c2ccc(OC(C)(C)C)cc2)C1. The molecule has 0 aromatic heterocycles. The first-order chi connectivity index (χ1) is 27.4. The van der Waals surface area contributed by atoms with E-state index in [1.54, 1.807) is 0 Å². The molecular weight excluding hydrogens is 745 g/mol. The molecule has 326 valence electrons. The zero-order chi connectivity index (χ0) is 45.1. The standard InChI is InChI=1S/C30H42O3.C24H32O3/c1-21-18-29(8,9)20-30(19-21,23-12-16-25(17-13-23)33-28(5,6)7)22-10-14-24(15-11-22)32-26(31)27(2,3)4;1-22(2,3)21(25)26-19-13-9-17(10-14-19)24(7,8)18-11-15-20(16-12-18)27-23(4,5)6/h10-17,21H,18-20H2,1-9H3;9-16H,1-8H3. The number of benzene rings is 4. The molecule has 4 aromatic carbocycles. The van der Waals surface area contributed by atoms with Gasteiger partial charge in [-0.25, -0.2) is 0 Å². The van der Waals surface area contributed by atoms with Gasteiger partial charge in [-0.3, -0.25) is 9.59 Å². The lowest BCUT2D eigenvalue weighted by molar-refractivity contribution is -0.143. The number of carbonyl (C=O) groups excluding carboxylic acids is 2. The van der Waals surface area contributed by atoms with Gasteiger partial charge in [-0.1, -0.05) is 83.1 Å². The van der Waals surface area contributed by atoms with E-state index in [-0.39, 0.29) is 39.4 Å². The van der Waals surface area contributed by atoms with Crippen LogP contribution in [0.4, 0.5) is 0 Å². The number of rotatable bonds is 8. The molecule has 0 heterocycles. The van der Waals surface area contributed by atoms with Gasteiger partial charge in [0.25, 0.3) is 0 Å². The van der Waals surface area contributed by atoms with E-state index in [1.165, 1.54) is 23.1 Å². The lowest BCUT2D eigenvalue weighted by atomic mass is 9.55. The maximum Gasteiger partial charge on any atom is 0.316 e. The normalized spacial score (nSPS) is 18.4. The lowest BCUT2D eigenvalue weighted by Gasteiger charge is -2.48. The zero-order valence-electron chi connectivity index (χ0n) is 39.9. The van der Waals surface area contributed by atoms with E-state index in [0.29, 0.717) is 17.4 Å². The van der Waals surface area contributed by atoms with Gasteiger partial charge in [0, 0.05) is 10.8 Å². The average molecular weight is 819 g/mol. The minimum atomic E-state index is -0.528. The van der Waals surface area contributed by atoms with Crippen LogP contribution in [0.25, 0.3) is 0 Å². The molecule has 0 amide bonds. The Morgan fingerprint density at radius 1 is 0.483 bits per heavy atom. The number of hydrogen-bond donors (Lipinski definition) is 0. The summed E-state index contributed by atoms with van der Waals surface area (Å²) in [7, 11) is 0. The van der Waals surface area contributed by atoms with Crippen molar-refractivity contribution in [2.45, 2.75) is 159 Å². The number of hydrogen-bond acceptors (Lipinski definition) is 6. The topological polar surface area (TPSA) is 71.1 Å². The minimum absolute atomic E-state index is 0.0893. The number of esters is 2. The van der Waals surface area contributed by atoms with Gasteiger partial charge >= 0.3 is 11.9 Å². The summed E-state index contributed by atoms with van der Waals surface area (Å²) in [6, 6.07) is 32.9. The molecule has 0 N–H and O–H groups in total. The molecule has 60 heavy (non-hydrogen) atoms. The quantitative estimate of drug-likeness (QED) is 0.130. The third kappa shape index (κ3) is 13.2. The summed E-state index contributed by atoms with van der Waals surface area (Å²) < 4.78 is 23.1. The molecule has 0 aliphatic heterocycles. The third-order valence-electron chi connectivity index (χ3n) is 10.8. The van der Waals surface area contributed by atoms with Gasteiger partial charge < -0.3 is 18.9 Å². The second-order valence-electron chi connectivity index (χ2n) is 22.4. The third-order valence-corrected chi connectivity index (χ3v) is 10.8. The second-order valence-corrected chi connectivity index (χ2v) is 22.4. The number of carbonyl (C=O) groups is 2. The fourth-order valence-electron chi connectivity index (χ4n) is 8.14. The Kier molecular flexibility index (Phi) is 14.3. The van der Waals surface area contributed by atoms with Gasteiger partial charge in [-0.2, -0.15) is 0 Å². The average Bonchev–Trinajstić information content (AvgIpc) is 3.10. The fraction of sp³-hybridized carbons (Fsp3) is 0.519. The highest BCUT2D eigenvalue weighted by molar-refractivity contribution is 5.78. The van der Waals surface area contributed by atoms with E-state index in [2.05, 4.69) is 104 Å². The van der Waals surface area contributed by atoms with Crippen molar-refractivity contribution in [3.05, 3.63) is 119 Å². The molecule has 1 aliphatic rings. The molecule has 0 bridgehead atoms. The summed E-state index contributed by atoms with van der Waals surface area (Å²) in [5, 5.41) is 0. The maximum absolute atomic E-state index is 12.3. The zero-order valence-corrected chi connectivity index (χ0v) is 39.9. The Labute approximate surface area is 362 Å². The van der Waals surface area contributed by atoms with Crippen molar-refractivity contribution in [1.82, 2.24) is 0 Å². The van der Waals surface area contributed by atoms with E-state index in [0.717, 1.165) is 29.9 Å². The van der Waals surface area contributed by atoms with E-state index in [4.69, 9.17) is 18.9 Å². The Bertz CT molecular complexity index is 2030. The molecule has 0 saturated heterocycles. The molecule has 1 fully saturated rings. The van der Waals surface area contributed by atoms with Crippen molar-refractivity contribution >= 4 is 11.9 Å². The molecule has 0 radical (unpaired) electrons. The molecule has 2 unspecified atom stereocenters. The predicted octanol–water partition coefficient (Wildman–Crippen LogP) is 14.1. The van der Waals surface area contributed by atoms with Crippen molar-refractivity contribution in [2.24, 2.45) is 22.2 Å². The molecule has 1 saturated carbocycles. The van der Waals surface area contributed by atoms with Crippen LogP contribution in [0.5, 0.6) is 23.0 Å². The van der Waals surface area contributed by atoms with Crippen molar-refractivity contribution in [2.75, 3.05) is 0 Å². The lowest BCUT2D eigenvalue weighted by Crippen LogP contribution is -2.41. The smallest absolute Gasteiger partial charge is 0.316 e. The molecule has 6 nitrogen and oxygen atoms in total. The van der Waals surface area contributed by atoms with Crippen LogP contribution in [-0.2, 0) is 20.4 Å². The van der Waals surface area contributed by atoms with Gasteiger partial charge in [0.15, 0.2) is 0 Å². The van der Waals surface area contributed by atoms with E-state index >= 15 is 0 Å². The fourth-order valence-corrected chi connectivity index (χ4v) is 8.14. The van der Waals surface area contributed by atoms with Gasteiger partial charge in [-0.05, 0) is 184 Å². The van der Waals surface area contributed by atoms with E-state index in [9.17, 15) is 9.59 Å². The Hall–Kier alpha value is -4.58. The Morgan fingerprint density at radius 2 is 0.800 bits per heavy atom. The monoisotopic (exact) mass is 819 g/mol. The van der Waals surface area contributed by atoms with Crippen LogP contribution in [-0.4, -0.2) is 23.1 Å². The first-order valence-electron chi connectivity index (χ1n) is 21.6. The van der Waals surface area contributed by atoms with Gasteiger partial charge in [0.05, 0.1) is 10.8 Å². The first kappa shape index (κ1) is 48.1. The van der Waals surface area contributed by atoms with E-state index < -0.39 is 10.8 Å². The maximum atomic E-state index is 12.3. The summed E-state index contributed by atoms with van der Waals surface area (Å²) in [6.45, 7) is 35.0. The molecule has 2 atom stereocenters. The number of ether oxygens (including phenoxy) is 4. The van der Waals surface area contributed by atoms with Crippen LogP contribution in [0.1, 0.15) is 159 Å². The molecular formula is C54H74O6. The van der Waals surface area contributed by atoms with Crippen molar-refractivity contribution < 1.29 is 28.5 Å². The van der Waals surface area contributed by atoms with Crippen molar-refractivity contribution in [3.63, 3.8) is 0 Å². The summed E-state index contributed by atoms with van der Waals surface area (Å²) in [6.07, 6.45) is 3.39. The predicted molar refractivity (Wildman–Crippen MR) is 246 cm³/mol. The van der Waals surface area contributed by atoms with Gasteiger partial charge in [0.1, 0.15) is 34.2 Å². The Morgan fingerprint density at radius 3 is 1.12 bits per heavy atom. The van der Waals surface area contributed by atoms with Crippen LogP contribution >= 0.6 is 0 Å². The highest BCUT2D eigenvalue weighted by Crippen LogP contribution is 2.54. The van der Waals surface area contributed by atoms with Crippen molar-refractivity contribution in [3.8, 4) is 23.0 Å². The van der Waals surface area contributed by atoms with Crippen LogP contribution in [0, 0.1) is 22.2 Å². The highest BCUT2D eigenvalue weighted by Gasteiger charge is 2.45. The largest absolute Gasteiger partial charge is 0.488 e. The van der Waals surface area contributed by atoms with Crippen LogP contribution < -0.4 is 18.9 Å². The van der Waals surface area contributed by atoms with Crippen molar-refractivity contribution in [1.29, 1.82) is 0 Å². The second kappa shape index (κ2) is 17.8. The van der Waals surface area contributed by atoms with Gasteiger partial charge in [0.2, 0.25) is 0 Å². The van der Waals surface area contributed by atoms with E-state index in [1.807, 2.05) is 111 Å². The van der Waals surface area contributed by atoms with Crippen LogP contribution in [0.3, 0.4) is 0 Å². The summed E-state index contributed by atoms with van der Waals surface area (Å²) >= 11 is 0. The molecule has 4 aromatic rings. The highest BCUT2D eigenvalue weighted by atomic mass is 16.5. The van der Waals surface area contributed by atoms with Gasteiger partial charge in [-0.15, -0.1) is 0 Å². The van der Waals surface area contributed by atoms with Crippen LogP contribution in [0.15, 0.2) is 97.1 Å². The minimum Gasteiger partial charge on any atom is -0.488 e. The molecule has 1 aliphatic carbocycles. The molecule has 0 spiro atoms. The molecule has 5 rings (SSSR count).